The van der Waals surface area contributed by atoms with Crippen molar-refractivity contribution >= 4 is 11.8 Å². The molecule has 0 unspecified atom stereocenters. The summed E-state index contributed by atoms with van der Waals surface area (Å²) in [6, 6.07) is -0.0519. The molecule has 0 bridgehead atoms. The van der Waals surface area contributed by atoms with Gasteiger partial charge in [-0.2, -0.15) is 0 Å². The average Bonchev–Trinajstić information content (AvgIpc) is 2.60. The smallest absolute Gasteiger partial charge is 0.236 e. The van der Waals surface area contributed by atoms with Gasteiger partial charge in [-0.15, -0.1) is 0 Å². The van der Waals surface area contributed by atoms with E-state index in [2.05, 4.69) is 0 Å². The van der Waals surface area contributed by atoms with Crippen molar-refractivity contribution in [2.75, 3.05) is 0 Å². The molecule has 0 aromatic carbocycles. The number of carbonyl (C=O) groups excluding carboxylic acids is 2. The largest absolute Gasteiger partial charge is 0.326 e. The van der Waals surface area contributed by atoms with Gasteiger partial charge in [0.25, 0.3) is 0 Å². The molecule has 2 atom stereocenters. The lowest BCUT2D eigenvalue weighted by Gasteiger charge is -2.36. The first-order chi connectivity index (χ1) is 9.64. The molecule has 1 heterocycles. The minimum absolute atomic E-state index is 0.0161. The van der Waals surface area contributed by atoms with E-state index in [1.165, 1.54) is 12.8 Å². The van der Waals surface area contributed by atoms with Crippen molar-refractivity contribution in [3.8, 4) is 0 Å². The Morgan fingerprint density at radius 3 is 2.25 bits per heavy atom. The summed E-state index contributed by atoms with van der Waals surface area (Å²) >= 11 is 0. The van der Waals surface area contributed by atoms with E-state index in [9.17, 15) is 9.59 Å². The number of hydrogen-bond acceptors (Lipinski definition) is 3. The summed E-state index contributed by atoms with van der Waals surface area (Å²) in [5, 5.41) is 0. The zero-order valence-corrected chi connectivity index (χ0v) is 12.3. The number of nitrogens with zero attached hydrogens (tertiary/aromatic N) is 1. The maximum Gasteiger partial charge on any atom is 0.236 e. The van der Waals surface area contributed by atoms with Crippen LogP contribution in [-0.2, 0) is 9.59 Å². The molecule has 3 fully saturated rings. The lowest BCUT2D eigenvalue weighted by atomic mass is 9.78. The molecule has 1 saturated heterocycles. The zero-order chi connectivity index (χ0) is 14.2. The summed E-state index contributed by atoms with van der Waals surface area (Å²) in [6.45, 7) is 0. The van der Waals surface area contributed by atoms with Crippen molar-refractivity contribution in [3.63, 3.8) is 0 Å². The zero-order valence-electron chi connectivity index (χ0n) is 12.3. The van der Waals surface area contributed by atoms with Crippen molar-refractivity contribution in [2.24, 2.45) is 11.1 Å². The van der Waals surface area contributed by atoms with Crippen molar-refractivity contribution < 1.29 is 9.59 Å². The van der Waals surface area contributed by atoms with Gasteiger partial charge in [-0.05, 0) is 25.7 Å². The Morgan fingerprint density at radius 2 is 1.60 bits per heavy atom. The quantitative estimate of drug-likeness (QED) is 0.749. The Hall–Kier alpha value is -0.900. The van der Waals surface area contributed by atoms with Gasteiger partial charge in [0.2, 0.25) is 11.8 Å². The van der Waals surface area contributed by atoms with E-state index >= 15 is 0 Å². The van der Waals surface area contributed by atoms with Crippen molar-refractivity contribution in [1.29, 1.82) is 0 Å². The summed E-state index contributed by atoms with van der Waals surface area (Å²) < 4.78 is 0. The number of carbonyl (C=O) groups is 2. The molecule has 4 heteroatoms. The Labute approximate surface area is 121 Å². The molecular formula is C16H26N2O2. The maximum absolute atomic E-state index is 12.9. The monoisotopic (exact) mass is 278 g/mol. The second-order valence-electron chi connectivity index (χ2n) is 6.96. The Kier molecular flexibility index (Phi) is 3.85. The van der Waals surface area contributed by atoms with Gasteiger partial charge in [0.15, 0.2) is 0 Å². The minimum Gasteiger partial charge on any atom is -0.326 e. The fourth-order valence-corrected chi connectivity index (χ4v) is 4.41. The molecule has 2 N–H and O–H groups in total. The summed E-state index contributed by atoms with van der Waals surface area (Å²) in [6.07, 6.45) is 10.9. The van der Waals surface area contributed by atoms with Gasteiger partial charge in [-0.25, -0.2) is 0 Å². The van der Waals surface area contributed by atoms with E-state index in [-0.39, 0.29) is 29.3 Å². The number of likely N-dealkylation sites (tertiary alicyclic amines) is 1. The van der Waals surface area contributed by atoms with E-state index in [1.807, 2.05) is 0 Å². The first-order valence-electron chi connectivity index (χ1n) is 8.26. The van der Waals surface area contributed by atoms with Crippen LogP contribution in [0.1, 0.15) is 70.6 Å². The van der Waals surface area contributed by atoms with Crippen molar-refractivity contribution in [2.45, 2.75) is 82.7 Å². The van der Waals surface area contributed by atoms with E-state index in [0.29, 0.717) is 6.42 Å². The van der Waals surface area contributed by atoms with Gasteiger partial charge in [0.05, 0.1) is 11.5 Å². The number of nitrogens with two attached hydrogens (primary N) is 1. The number of amides is 2. The highest BCUT2D eigenvalue weighted by Crippen LogP contribution is 2.45. The van der Waals surface area contributed by atoms with Crippen LogP contribution in [0.15, 0.2) is 0 Å². The van der Waals surface area contributed by atoms with E-state index in [4.69, 9.17) is 5.73 Å². The van der Waals surface area contributed by atoms with Crippen molar-refractivity contribution in [3.05, 3.63) is 0 Å². The molecule has 2 aliphatic carbocycles. The van der Waals surface area contributed by atoms with Crippen LogP contribution in [0.2, 0.25) is 0 Å². The van der Waals surface area contributed by atoms with Crippen molar-refractivity contribution in [1.82, 2.24) is 4.90 Å². The third-order valence-electron chi connectivity index (χ3n) is 5.60. The first kappa shape index (κ1) is 14.1. The Morgan fingerprint density at radius 1 is 0.950 bits per heavy atom. The lowest BCUT2D eigenvalue weighted by Crippen LogP contribution is -2.52. The SMILES string of the molecule is N[C@@H]1CCCC[C@H]1N1C(=O)CC2(CCCCCC2)C1=O. The topological polar surface area (TPSA) is 63.4 Å². The third kappa shape index (κ3) is 2.28. The average molecular weight is 278 g/mol. The molecule has 3 rings (SSSR count). The lowest BCUT2D eigenvalue weighted by molar-refractivity contribution is -0.145. The Balaban J connectivity index is 1.82. The Bertz CT molecular complexity index is 399. The minimum atomic E-state index is -0.370. The molecule has 2 saturated carbocycles. The summed E-state index contributed by atoms with van der Waals surface area (Å²) in [5.41, 5.74) is 5.82. The molecule has 0 radical (unpaired) electrons. The molecule has 2 amide bonds. The normalized spacial score (nSPS) is 34.5. The highest BCUT2D eigenvalue weighted by molar-refractivity contribution is 6.06. The second-order valence-corrected chi connectivity index (χ2v) is 6.96. The van der Waals surface area contributed by atoms with E-state index < -0.39 is 0 Å². The van der Waals surface area contributed by atoms with Crippen LogP contribution in [-0.4, -0.2) is 28.8 Å². The fourth-order valence-electron chi connectivity index (χ4n) is 4.41. The summed E-state index contributed by atoms with van der Waals surface area (Å²) in [7, 11) is 0. The molecule has 0 aromatic rings. The molecule has 1 spiro atoms. The first-order valence-corrected chi connectivity index (χ1v) is 8.26. The van der Waals surface area contributed by atoms with Gasteiger partial charge < -0.3 is 5.73 Å². The van der Waals surface area contributed by atoms with Crippen LogP contribution in [0.25, 0.3) is 0 Å². The van der Waals surface area contributed by atoms with Gasteiger partial charge in [-0.3, -0.25) is 14.5 Å². The van der Waals surface area contributed by atoms with Crippen LogP contribution in [0, 0.1) is 5.41 Å². The van der Waals surface area contributed by atoms with Crippen LogP contribution in [0.5, 0.6) is 0 Å². The van der Waals surface area contributed by atoms with Gasteiger partial charge in [-0.1, -0.05) is 38.5 Å². The second kappa shape index (κ2) is 5.47. The number of imide groups is 1. The van der Waals surface area contributed by atoms with Crippen LogP contribution >= 0.6 is 0 Å². The molecule has 1 aliphatic heterocycles. The van der Waals surface area contributed by atoms with Gasteiger partial charge in [0, 0.05) is 12.5 Å². The van der Waals surface area contributed by atoms with E-state index in [0.717, 1.165) is 51.4 Å². The standard InChI is InChI=1S/C16H26N2O2/c17-12-7-3-4-8-13(12)18-14(19)11-16(15(18)20)9-5-1-2-6-10-16/h12-13H,1-11,17H2/t12-,13-/m1/s1. The third-order valence-corrected chi connectivity index (χ3v) is 5.60. The summed E-state index contributed by atoms with van der Waals surface area (Å²) in [4.78, 5) is 27.0. The highest BCUT2D eigenvalue weighted by atomic mass is 16.2. The molecule has 4 nitrogen and oxygen atoms in total. The molecule has 3 aliphatic rings. The summed E-state index contributed by atoms with van der Waals surface area (Å²) in [5.74, 6) is 0.144. The molecule has 0 aromatic heterocycles. The maximum atomic E-state index is 12.9. The predicted octanol–water partition coefficient (Wildman–Crippen LogP) is 2.36. The van der Waals surface area contributed by atoms with Crippen LogP contribution < -0.4 is 5.73 Å². The number of rotatable bonds is 1. The molecular weight excluding hydrogens is 252 g/mol. The van der Waals surface area contributed by atoms with Gasteiger partial charge >= 0.3 is 0 Å². The molecule has 112 valence electrons. The van der Waals surface area contributed by atoms with Gasteiger partial charge in [0.1, 0.15) is 0 Å². The number of hydrogen-bond donors (Lipinski definition) is 1. The van der Waals surface area contributed by atoms with Crippen LogP contribution in [0.4, 0.5) is 0 Å². The highest BCUT2D eigenvalue weighted by Gasteiger charge is 2.53. The molecule has 20 heavy (non-hydrogen) atoms. The van der Waals surface area contributed by atoms with Crippen LogP contribution in [0.3, 0.4) is 0 Å². The van der Waals surface area contributed by atoms with E-state index in [1.54, 1.807) is 4.90 Å². The fraction of sp³-hybridized carbons (Fsp3) is 0.875. The predicted molar refractivity (Wildman–Crippen MR) is 76.8 cm³/mol.